The number of nitrogens with zero attached hydrogens (tertiary/aromatic N) is 3. The van der Waals surface area contributed by atoms with Crippen molar-refractivity contribution in [1.29, 1.82) is 0 Å². The molecule has 1 aromatic heterocycles. The first-order valence-corrected chi connectivity index (χ1v) is 38.0. The smallest absolute Gasteiger partial charge is 0.334 e. The van der Waals surface area contributed by atoms with Gasteiger partial charge in [0.25, 0.3) is 0 Å². The topological polar surface area (TPSA) is 535 Å². The van der Waals surface area contributed by atoms with E-state index >= 15 is 0 Å². The molecule has 113 heavy (non-hydrogen) atoms. The lowest BCUT2D eigenvalue weighted by Gasteiger charge is -2.26. The van der Waals surface area contributed by atoms with Crippen molar-refractivity contribution in [2.75, 3.05) is 38.4 Å². The summed E-state index contributed by atoms with van der Waals surface area (Å²) in [4.78, 5) is 203. The molecule has 0 bridgehead atoms. The number of amides is 10. The van der Waals surface area contributed by atoms with Crippen LogP contribution in [-0.2, 0) is 115 Å². The van der Waals surface area contributed by atoms with Gasteiger partial charge >= 0.3 is 23.9 Å². The van der Waals surface area contributed by atoms with Gasteiger partial charge < -0.3 is 82.6 Å². The number of ketones is 3. The number of thioether (sulfide) groups is 1. The van der Waals surface area contributed by atoms with Crippen molar-refractivity contribution < 1.29 is 112 Å². The molecular formula is C77H100N12O23S. The third-order valence-electron chi connectivity index (χ3n) is 17.7. The zero-order chi connectivity index (χ0) is 83.3. The number of phenols is 3. The lowest BCUT2D eigenvalue weighted by atomic mass is 9.94. The van der Waals surface area contributed by atoms with Gasteiger partial charge in [-0.3, -0.25) is 62.9 Å². The number of urea groups is 1. The first-order valence-electron chi connectivity index (χ1n) is 36.6. The van der Waals surface area contributed by atoms with E-state index in [2.05, 4.69) is 58.2 Å². The van der Waals surface area contributed by atoms with Crippen LogP contribution >= 0.6 is 11.8 Å². The van der Waals surface area contributed by atoms with E-state index in [1.165, 1.54) is 100 Å². The van der Waals surface area contributed by atoms with Crippen molar-refractivity contribution in [2.45, 2.75) is 173 Å². The molecule has 15 N–H and O–H groups in total. The first-order chi connectivity index (χ1) is 53.7. The van der Waals surface area contributed by atoms with Crippen LogP contribution in [0.1, 0.15) is 114 Å². The van der Waals surface area contributed by atoms with E-state index in [-0.39, 0.29) is 61.5 Å². The molecule has 612 valence electrons. The quantitative estimate of drug-likeness (QED) is 0.0195. The molecule has 10 amide bonds. The first kappa shape index (κ1) is 91.9. The van der Waals surface area contributed by atoms with Gasteiger partial charge in [-0.1, -0.05) is 99.6 Å². The summed E-state index contributed by atoms with van der Waals surface area (Å²) < 4.78 is 12.4. The maximum Gasteiger partial charge on any atom is 0.334 e. The maximum atomic E-state index is 14.6. The Bertz CT molecular complexity index is 4050. The SMILES string of the molecule is CCOCCOCCn1cc(CCCC(=O)N[C@H](Cc2ccc(O)cc2)C(=O)C[C@H](C)C(=O)N[C@H](C(=O)O)C(=O)CCC(=O)N[C@@H](Cc2ccccc2)C(=O)N[C@H](Cc2ccc(O)cc2)C(=O)C[C@H](C)C(=O)NC(=O)N[C@H](Cc2ccc(O)cc2)C(=O)N[C@H](CCSC)C(=O)N[C@H](CC(=O)O)C(=O)N[C@@H](C(=O)O)C(C)C)nn1. The Morgan fingerprint density at radius 1 is 0.469 bits per heavy atom. The normalized spacial score (nSPS) is 13.8. The number of hydrogen-bond acceptors (Lipinski definition) is 23. The third-order valence-corrected chi connectivity index (χ3v) is 18.3. The number of benzene rings is 4. The van der Waals surface area contributed by atoms with Crippen LogP contribution in [0.3, 0.4) is 0 Å². The number of aromatic nitrogens is 3. The number of ether oxygens (including phenoxy) is 2. The predicted molar refractivity (Wildman–Crippen MR) is 407 cm³/mol. The van der Waals surface area contributed by atoms with Gasteiger partial charge in [-0.05, 0) is 116 Å². The molecule has 36 heteroatoms. The summed E-state index contributed by atoms with van der Waals surface area (Å²) in [5.74, 6) is -18.5. The summed E-state index contributed by atoms with van der Waals surface area (Å²) in [6.45, 7) is 9.73. The van der Waals surface area contributed by atoms with Crippen LogP contribution in [0.25, 0.3) is 0 Å². The van der Waals surface area contributed by atoms with E-state index in [1.54, 1.807) is 59.6 Å². The number of rotatable bonds is 51. The monoisotopic (exact) mass is 1590 g/mol. The Labute approximate surface area is 656 Å². The van der Waals surface area contributed by atoms with Crippen LogP contribution < -0.4 is 47.9 Å². The van der Waals surface area contributed by atoms with Gasteiger partial charge in [0.1, 0.15) is 47.5 Å². The molecule has 1 heterocycles. The molecule has 35 nitrogen and oxygen atoms in total. The van der Waals surface area contributed by atoms with Crippen molar-refractivity contribution >= 4 is 100 Å². The van der Waals surface area contributed by atoms with E-state index in [0.29, 0.717) is 73.8 Å². The second kappa shape index (κ2) is 47.5. The second-order valence-corrected chi connectivity index (χ2v) is 28.2. The fourth-order valence-corrected chi connectivity index (χ4v) is 11.8. The molecule has 0 saturated heterocycles. The van der Waals surface area contributed by atoms with Gasteiger partial charge in [0.2, 0.25) is 47.3 Å². The summed E-state index contributed by atoms with van der Waals surface area (Å²) >= 11 is 1.25. The van der Waals surface area contributed by atoms with Crippen molar-refractivity contribution in [1.82, 2.24) is 62.8 Å². The molecular weight excluding hydrogens is 1490 g/mol. The van der Waals surface area contributed by atoms with Crippen LogP contribution in [0, 0.1) is 17.8 Å². The average Bonchev–Trinajstić information content (AvgIpc) is 1.58. The van der Waals surface area contributed by atoms with E-state index in [1.807, 2.05) is 6.92 Å². The number of imide groups is 1. The summed E-state index contributed by atoms with van der Waals surface area (Å²) in [6, 6.07) is 10.9. The Kier molecular flexibility index (Phi) is 38.7. The van der Waals surface area contributed by atoms with Crippen molar-refractivity contribution in [3.05, 3.63) is 137 Å². The Balaban J connectivity index is 1.25. The highest BCUT2D eigenvalue weighted by Gasteiger charge is 2.37. The number of nitrogens with one attached hydrogen (secondary N) is 9. The number of hydrogen-bond donors (Lipinski definition) is 15. The van der Waals surface area contributed by atoms with Crippen LogP contribution in [0.4, 0.5) is 4.79 Å². The molecule has 5 rings (SSSR count). The van der Waals surface area contributed by atoms with Gasteiger partial charge in [-0.2, -0.15) is 11.8 Å². The summed E-state index contributed by atoms with van der Waals surface area (Å²) in [5.41, 5.74) is 2.39. The van der Waals surface area contributed by atoms with Crippen molar-refractivity contribution in [3.63, 3.8) is 0 Å². The second-order valence-electron chi connectivity index (χ2n) is 27.2. The minimum atomic E-state index is -2.23. The van der Waals surface area contributed by atoms with Crippen LogP contribution in [-0.4, -0.2) is 221 Å². The molecule has 0 unspecified atom stereocenters. The minimum absolute atomic E-state index is 0.0288. The summed E-state index contributed by atoms with van der Waals surface area (Å²) in [7, 11) is 0. The molecule has 10 atom stereocenters. The van der Waals surface area contributed by atoms with E-state index in [0.717, 1.165) is 0 Å². The number of carbonyl (C=O) groups excluding carboxylic acids is 12. The molecule has 4 aromatic carbocycles. The maximum absolute atomic E-state index is 14.6. The Morgan fingerprint density at radius 2 is 0.938 bits per heavy atom. The van der Waals surface area contributed by atoms with Gasteiger partial charge in [0.05, 0.1) is 50.6 Å². The molecule has 0 spiro atoms. The van der Waals surface area contributed by atoms with Crippen LogP contribution in [0.15, 0.2) is 109 Å². The van der Waals surface area contributed by atoms with E-state index in [4.69, 9.17) is 9.47 Å². The molecule has 0 aliphatic heterocycles. The lowest BCUT2D eigenvalue weighted by Crippen LogP contribution is -2.59. The van der Waals surface area contributed by atoms with E-state index < -0.39 is 187 Å². The largest absolute Gasteiger partial charge is 0.508 e. The summed E-state index contributed by atoms with van der Waals surface area (Å²) in [6.07, 6.45) is -0.655. The highest BCUT2D eigenvalue weighted by atomic mass is 32.2. The zero-order valence-electron chi connectivity index (χ0n) is 63.6. The number of carbonyl (C=O) groups is 15. The molecule has 0 saturated carbocycles. The van der Waals surface area contributed by atoms with Crippen molar-refractivity contribution in [2.24, 2.45) is 17.8 Å². The molecule has 0 radical (unpaired) electrons. The zero-order valence-corrected chi connectivity index (χ0v) is 64.4. The molecule has 0 fully saturated rings. The summed E-state index contributed by atoms with van der Waals surface area (Å²) in [5, 5.41) is 89.3. The Hall–Kier alpha value is -11.7. The number of aryl methyl sites for hydroxylation is 1. The molecule has 0 aliphatic rings. The van der Waals surface area contributed by atoms with Crippen molar-refractivity contribution in [3.8, 4) is 17.2 Å². The Morgan fingerprint density at radius 3 is 1.46 bits per heavy atom. The highest BCUT2D eigenvalue weighted by molar-refractivity contribution is 7.98. The van der Waals surface area contributed by atoms with Gasteiger partial charge in [-0.15, -0.1) is 5.10 Å². The number of phenolic OH excluding ortho intramolecular Hbond substituents is 3. The lowest BCUT2D eigenvalue weighted by molar-refractivity contribution is -0.147. The number of Topliss-reactive ketones (excluding diaryl/α,β-unsaturated/α-hetero) is 3. The molecule has 0 aliphatic carbocycles. The fraction of sp³-hybridized carbons (Fsp3) is 0.468. The number of aliphatic carboxylic acids is 3. The van der Waals surface area contributed by atoms with Crippen LogP contribution in [0.2, 0.25) is 0 Å². The fourth-order valence-electron chi connectivity index (χ4n) is 11.3. The molecule has 5 aromatic rings. The minimum Gasteiger partial charge on any atom is -0.508 e. The van der Waals surface area contributed by atoms with Crippen LogP contribution in [0.5, 0.6) is 17.2 Å². The number of carboxylic acids is 3. The standard InChI is InChI=1S/C77H100N12O23S/c1-7-111-33-34-112-32-31-89-43-51(87-88-89)14-11-15-64(96)78-56(38-48-16-22-52(90)23-17-48)62(94)36-45(4)69(100)85-68(76(108)109)61(93)28-29-65(97)79-58(40-47-12-9-8-10-13-47)72(103)81-57(39-49-18-24-53(91)25-19-49)63(95)37-46(5)70(101)86-77(110)83-59(41-50-20-26-54(92)27-21-50)73(104)80-55(30-35-113-6)71(102)82-60(42-66(98)99)74(105)84-67(44(2)3)75(106)107/h8-10,12-13,16-27,43-46,55-60,67-68,90-92H,7,11,14-15,28-42H2,1-6H3,(H,78,96)(H,79,97)(H,80,104)(H,81,103)(H,82,102)(H,84,105)(H,85,100)(H,98,99)(H,106,107)(H,108,109)(H2,83,86,101,110)/t45-,46-,55+,56+,57+,58-,59+,60+,67+,68-/m0/s1. The number of carboxylic acid groups (broad SMARTS) is 3. The van der Waals surface area contributed by atoms with Gasteiger partial charge in [-0.25, -0.2) is 19.1 Å². The third kappa shape index (κ3) is 33.4. The highest BCUT2D eigenvalue weighted by Crippen LogP contribution is 2.20. The average molecular weight is 1590 g/mol. The van der Waals surface area contributed by atoms with E-state index in [9.17, 15) is 103 Å². The number of aromatic hydroxyl groups is 3. The van der Waals surface area contributed by atoms with Gasteiger partial charge in [0, 0.05) is 69.6 Å². The van der Waals surface area contributed by atoms with Gasteiger partial charge in [0.15, 0.2) is 23.4 Å². The predicted octanol–water partition coefficient (Wildman–Crippen LogP) is 1.92.